The molecule has 0 unspecified atom stereocenters. The second-order valence-corrected chi connectivity index (χ2v) is 2.53. The van der Waals surface area contributed by atoms with E-state index in [4.69, 9.17) is 19.4 Å². The van der Waals surface area contributed by atoms with Gasteiger partial charge in [0.2, 0.25) is 0 Å². The van der Waals surface area contributed by atoms with Gasteiger partial charge < -0.3 is 16.3 Å². The Hall–Kier alpha value is -0.645. The lowest BCUT2D eigenvalue weighted by Gasteiger charge is -2.14. The maximum Gasteiger partial charge on any atom is 0.182 e. The molecule has 0 saturated heterocycles. The van der Waals surface area contributed by atoms with Gasteiger partial charge in [-0.15, -0.1) is 6.58 Å². The van der Waals surface area contributed by atoms with E-state index in [-0.39, 0.29) is 12.2 Å². The van der Waals surface area contributed by atoms with Crippen LogP contribution in [0, 0.1) is 0 Å². The van der Waals surface area contributed by atoms with Crippen LogP contribution in [0.25, 0.3) is 0 Å². The van der Waals surface area contributed by atoms with Gasteiger partial charge in [-0.3, -0.25) is 4.79 Å². The molecule has 0 spiro atoms. The number of ketones is 1. The van der Waals surface area contributed by atoms with Crippen LogP contribution in [-0.2, 0) is 4.79 Å². The number of carbonyl (C=O) groups is 1. The van der Waals surface area contributed by atoms with Crippen molar-refractivity contribution in [1.82, 2.24) is 4.81 Å². The summed E-state index contributed by atoms with van der Waals surface area (Å²) < 4.78 is 0. The zero-order chi connectivity index (χ0) is 9.56. The first-order valence-electron chi connectivity index (χ1n) is 3.72. The van der Waals surface area contributed by atoms with Gasteiger partial charge in [-0.1, -0.05) is 6.08 Å². The molecule has 0 amide bonds. The maximum atomic E-state index is 10.9. The lowest BCUT2D eigenvalue weighted by atomic mass is 10.2. The molecule has 4 nitrogen and oxygen atoms in total. The maximum absolute atomic E-state index is 10.9. The van der Waals surface area contributed by atoms with Gasteiger partial charge in [-0.05, 0) is 6.54 Å². The van der Waals surface area contributed by atoms with Crippen LogP contribution in [0.15, 0.2) is 12.7 Å². The lowest BCUT2D eigenvalue weighted by Crippen LogP contribution is -2.40. The minimum Gasteiger partial charge on any atom is -0.350 e. The molecule has 4 N–H and O–H groups in total. The van der Waals surface area contributed by atoms with Crippen LogP contribution in [0.4, 0.5) is 0 Å². The fraction of sp³-hybridized carbons (Fsp3) is 0.571. The monoisotopic (exact) mass is 167 g/mol. The largest absolute Gasteiger partial charge is 0.350 e. The lowest BCUT2D eigenvalue weighted by molar-refractivity contribution is -0.120. The molecule has 0 aromatic heterocycles. The average molecular weight is 167 g/mol. The molecule has 0 rings (SSSR count). The Kier molecular flexibility index (Phi) is 5.62. The molecule has 0 aliphatic rings. The van der Waals surface area contributed by atoms with Crippen molar-refractivity contribution in [2.75, 3.05) is 13.1 Å². The van der Waals surface area contributed by atoms with Crippen molar-refractivity contribution in [2.24, 2.45) is 11.5 Å². The quantitative estimate of drug-likeness (QED) is 0.295. The third-order valence-corrected chi connectivity index (χ3v) is 1.38. The summed E-state index contributed by atoms with van der Waals surface area (Å²) in [4.78, 5) is 12.4. The summed E-state index contributed by atoms with van der Waals surface area (Å²) in [5.41, 5.74) is 10.3. The minimum absolute atomic E-state index is 0.186. The molecule has 5 heteroatoms. The van der Waals surface area contributed by atoms with Crippen LogP contribution in [0.1, 0.15) is 6.42 Å². The molecule has 0 bridgehead atoms. The van der Waals surface area contributed by atoms with Gasteiger partial charge in [0.25, 0.3) is 0 Å². The molecule has 0 aromatic rings. The van der Waals surface area contributed by atoms with Crippen molar-refractivity contribution in [3.05, 3.63) is 12.7 Å². The highest BCUT2D eigenvalue weighted by Crippen LogP contribution is 1.89. The third kappa shape index (κ3) is 5.06. The Morgan fingerprint density at radius 2 is 2.25 bits per heavy atom. The first-order valence-corrected chi connectivity index (χ1v) is 3.72. The smallest absolute Gasteiger partial charge is 0.182 e. The van der Waals surface area contributed by atoms with E-state index < -0.39 is 6.17 Å². The van der Waals surface area contributed by atoms with Crippen molar-refractivity contribution >= 4 is 13.8 Å². The third-order valence-electron chi connectivity index (χ3n) is 1.38. The SMILES string of the molecule is [B]N(CC=C)CCC(=O)C(N)N. The molecule has 0 aromatic carbocycles. The van der Waals surface area contributed by atoms with Crippen LogP contribution in [0.2, 0.25) is 0 Å². The highest BCUT2D eigenvalue weighted by molar-refractivity contribution is 6.04. The van der Waals surface area contributed by atoms with E-state index in [0.29, 0.717) is 13.1 Å². The molecule has 2 radical (unpaired) electrons. The van der Waals surface area contributed by atoms with Crippen LogP contribution in [0.3, 0.4) is 0 Å². The second kappa shape index (κ2) is 5.94. The van der Waals surface area contributed by atoms with E-state index in [2.05, 4.69) is 6.58 Å². The standard InChI is InChI=1S/C7H14BN3O/c1-2-4-11(8)5-3-6(12)7(9)10/h2,7H,1,3-5,9-10H2. The summed E-state index contributed by atoms with van der Waals surface area (Å²) in [5, 5.41) is 0. The summed E-state index contributed by atoms with van der Waals surface area (Å²) >= 11 is 0. The Morgan fingerprint density at radius 3 is 2.67 bits per heavy atom. The van der Waals surface area contributed by atoms with Crippen molar-refractivity contribution in [3.8, 4) is 0 Å². The van der Waals surface area contributed by atoms with E-state index in [0.717, 1.165) is 0 Å². The summed E-state index contributed by atoms with van der Waals surface area (Å²) in [6.45, 7) is 4.51. The van der Waals surface area contributed by atoms with E-state index in [9.17, 15) is 4.79 Å². The molecule has 0 saturated carbocycles. The fourth-order valence-corrected chi connectivity index (χ4v) is 0.678. The molecule has 0 atom stereocenters. The average Bonchev–Trinajstić information content (AvgIpc) is 2.00. The number of nitrogens with zero attached hydrogens (tertiary/aromatic N) is 1. The number of carbonyl (C=O) groups excluding carboxylic acids is 1. The molecular formula is C7H14BN3O. The van der Waals surface area contributed by atoms with Crippen molar-refractivity contribution < 1.29 is 4.79 Å². The minimum atomic E-state index is -0.887. The van der Waals surface area contributed by atoms with Gasteiger partial charge in [-0.2, -0.15) is 0 Å². The normalized spacial score (nSPS) is 10.7. The Labute approximate surface area is 74.0 Å². The van der Waals surface area contributed by atoms with Crippen molar-refractivity contribution in [2.45, 2.75) is 12.6 Å². The zero-order valence-corrected chi connectivity index (χ0v) is 7.07. The number of Topliss-reactive ketones (excluding diaryl/α,β-unsaturated/α-hetero) is 1. The predicted octanol–water partition coefficient (Wildman–Crippen LogP) is -1.24. The Morgan fingerprint density at radius 1 is 1.67 bits per heavy atom. The van der Waals surface area contributed by atoms with Crippen molar-refractivity contribution in [3.63, 3.8) is 0 Å². The molecule has 0 aliphatic carbocycles. The molecule has 66 valence electrons. The molecular weight excluding hydrogens is 153 g/mol. The fourth-order valence-electron chi connectivity index (χ4n) is 0.678. The summed E-state index contributed by atoms with van der Waals surface area (Å²) in [5.74, 6) is -0.186. The Balaban J connectivity index is 3.53. The topological polar surface area (TPSA) is 72.3 Å². The van der Waals surface area contributed by atoms with Crippen LogP contribution < -0.4 is 11.5 Å². The van der Waals surface area contributed by atoms with Gasteiger partial charge in [0, 0.05) is 13.0 Å². The highest BCUT2D eigenvalue weighted by atomic mass is 16.1. The van der Waals surface area contributed by atoms with E-state index >= 15 is 0 Å². The first-order chi connectivity index (χ1) is 5.57. The van der Waals surface area contributed by atoms with Crippen molar-refractivity contribution in [1.29, 1.82) is 0 Å². The second-order valence-electron chi connectivity index (χ2n) is 2.53. The zero-order valence-electron chi connectivity index (χ0n) is 7.07. The van der Waals surface area contributed by atoms with Crippen LogP contribution in [0.5, 0.6) is 0 Å². The molecule has 0 fully saturated rings. The summed E-state index contributed by atoms with van der Waals surface area (Å²) in [7, 11) is 5.46. The highest BCUT2D eigenvalue weighted by Gasteiger charge is 2.07. The van der Waals surface area contributed by atoms with Gasteiger partial charge in [0.15, 0.2) is 13.8 Å². The summed E-state index contributed by atoms with van der Waals surface area (Å²) in [6, 6.07) is 0. The van der Waals surface area contributed by atoms with Gasteiger partial charge in [-0.25, -0.2) is 0 Å². The van der Waals surface area contributed by atoms with Crippen LogP contribution >= 0.6 is 0 Å². The Bertz CT molecular complexity index is 161. The number of hydrogen-bond donors (Lipinski definition) is 2. The molecule has 0 heterocycles. The van der Waals surface area contributed by atoms with E-state index in [1.165, 1.54) is 4.81 Å². The predicted molar refractivity (Wildman–Crippen MR) is 49.3 cm³/mol. The number of hydrogen-bond acceptors (Lipinski definition) is 4. The van der Waals surface area contributed by atoms with E-state index in [1.54, 1.807) is 6.08 Å². The first kappa shape index (κ1) is 11.4. The van der Waals surface area contributed by atoms with Gasteiger partial charge >= 0.3 is 0 Å². The van der Waals surface area contributed by atoms with Gasteiger partial charge in [0.1, 0.15) is 6.17 Å². The van der Waals surface area contributed by atoms with Gasteiger partial charge in [0.05, 0.1) is 0 Å². The molecule has 12 heavy (non-hydrogen) atoms. The number of nitrogens with two attached hydrogens (primary N) is 2. The van der Waals surface area contributed by atoms with E-state index in [1.807, 2.05) is 0 Å². The number of rotatable bonds is 6. The molecule has 0 aliphatic heterocycles. The summed E-state index contributed by atoms with van der Waals surface area (Å²) in [6.07, 6.45) is 1.05. The van der Waals surface area contributed by atoms with Crippen LogP contribution in [-0.4, -0.2) is 37.8 Å².